The van der Waals surface area contributed by atoms with Crippen LogP contribution in [-0.2, 0) is 6.54 Å². The van der Waals surface area contributed by atoms with Crippen LogP contribution < -0.4 is 5.32 Å². The second-order valence-corrected chi connectivity index (χ2v) is 4.85. The monoisotopic (exact) mass is 303 g/mol. The Labute approximate surface area is 133 Å². The molecule has 2 aromatic heterocycles. The normalized spacial score (nSPS) is 10.0. The fourth-order valence-electron chi connectivity index (χ4n) is 2.08. The number of nitrogens with one attached hydrogen (secondary N) is 1. The van der Waals surface area contributed by atoms with E-state index in [4.69, 9.17) is 5.26 Å². The quantitative estimate of drug-likeness (QED) is 0.799. The van der Waals surface area contributed by atoms with Crippen LogP contribution in [0.1, 0.15) is 21.5 Å². The van der Waals surface area contributed by atoms with Crippen molar-refractivity contribution < 1.29 is 4.79 Å². The molecule has 0 bridgehead atoms. The molecule has 0 saturated heterocycles. The van der Waals surface area contributed by atoms with Gasteiger partial charge in [-0.1, -0.05) is 12.1 Å². The Kier molecular flexibility index (Phi) is 4.11. The maximum absolute atomic E-state index is 12.1. The van der Waals surface area contributed by atoms with Crippen LogP contribution in [0.15, 0.2) is 61.1 Å². The van der Waals surface area contributed by atoms with Gasteiger partial charge in [-0.15, -0.1) is 0 Å². The van der Waals surface area contributed by atoms with Gasteiger partial charge >= 0.3 is 0 Å². The molecule has 2 heterocycles. The average molecular weight is 303 g/mol. The summed E-state index contributed by atoms with van der Waals surface area (Å²) in [6, 6.07) is 14.2. The van der Waals surface area contributed by atoms with Crippen LogP contribution in [0.2, 0.25) is 0 Å². The molecule has 3 rings (SSSR count). The first-order valence-electron chi connectivity index (χ1n) is 6.99. The number of hydrogen-bond acceptors (Lipinski definition) is 4. The second kappa shape index (κ2) is 6.54. The topological polar surface area (TPSA) is 83.6 Å². The van der Waals surface area contributed by atoms with Gasteiger partial charge in [0.05, 0.1) is 11.6 Å². The Hall–Kier alpha value is -3.46. The van der Waals surface area contributed by atoms with Crippen LogP contribution in [0.3, 0.4) is 0 Å². The highest BCUT2D eigenvalue weighted by molar-refractivity contribution is 5.94. The van der Waals surface area contributed by atoms with E-state index >= 15 is 0 Å². The lowest BCUT2D eigenvalue weighted by molar-refractivity contribution is 0.0951. The van der Waals surface area contributed by atoms with Crippen molar-refractivity contribution in [2.75, 3.05) is 0 Å². The van der Waals surface area contributed by atoms with Crippen LogP contribution in [0.4, 0.5) is 0 Å². The highest BCUT2D eigenvalue weighted by atomic mass is 16.1. The average Bonchev–Trinajstić information content (AvgIpc) is 3.15. The van der Waals surface area contributed by atoms with Crippen LogP contribution in [-0.4, -0.2) is 20.7 Å². The van der Waals surface area contributed by atoms with E-state index < -0.39 is 0 Å². The van der Waals surface area contributed by atoms with Gasteiger partial charge in [0.2, 0.25) is 0 Å². The van der Waals surface area contributed by atoms with Crippen LogP contribution in [0.25, 0.3) is 5.82 Å². The molecule has 23 heavy (non-hydrogen) atoms. The number of nitrogens with zero attached hydrogens (tertiary/aromatic N) is 4. The number of hydrogen-bond donors (Lipinski definition) is 1. The van der Waals surface area contributed by atoms with Crippen molar-refractivity contribution in [3.63, 3.8) is 0 Å². The molecule has 0 aliphatic heterocycles. The minimum absolute atomic E-state index is 0.224. The van der Waals surface area contributed by atoms with Crippen LogP contribution in [0.5, 0.6) is 0 Å². The van der Waals surface area contributed by atoms with Gasteiger partial charge in [0.1, 0.15) is 0 Å². The summed E-state index contributed by atoms with van der Waals surface area (Å²) in [5.41, 5.74) is 1.80. The first-order valence-corrected chi connectivity index (χ1v) is 6.99. The molecule has 0 fully saturated rings. The van der Waals surface area contributed by atoms with Gasteiger partial charge in [0.25, 0.3) is 5.91 Å². The number of carbonyl (C=O) groups excluding carboxylic acids is 1. The van der Waals surface area contributed by atoms with Gasteiger partial charge in [-0.25, -0.2) is 9.67 Å². The van der Waals surface area contributed by atoms with Crippen molar-refractivity contribution in [1.82, 2.24) is 20.1 Å². The molecule has 3 aromatic rings. The summed E-state index contributed by atoms with van der Waals surface area (Å²) in [6.45, 7) is 0.363. The van der Waals surface area contributed by atoms with E-state index in [0.29, 0.717) is 23.5 Å². The van der Waals surface area contributed by atoms with E-state index in [2.05, 4.69) is 15.4 Å². The Bertz CT molecular complexity index is 847. The van der Waals surface area contributed by atoms with E-state index in [1.54, 1.807) is 41.3 Å². The fraction of sp³-hybridized carbons (Fsp3) is 0.0588. The summed E-state index contributed by atoms with van der Waals surface area (Å²) in [4.78, 5) is 16.4. The lowest BCUT2D eigenvalue weighted by Gasteiger charge is -2.06. The first kappa shape index (κ1) is 14.5. The lowest BCUT2D eigenvalue weighted by atomic mass is 10.1. The van der Waals surface area contributed by atoms with E-state index in [9.17, 15) is 4.79 Å². The highest BCUT2D eigenvalue weighted by Gasteiger charge is 2.06. The molecule has 1 N–H and O–H groups in total. The van der Waals surface area contributed by atoms with Crippen LogP contribution >= 0.6 is 0 Å². The van der Waals surface area contributed by atoms with Crippen molar-refractivity contribution in [1.29, 1.82) is 5.26 Å². The standard InChI is InChI=1S/C17H13N5O/c18-10-13-3-1-4-15(9-13)17(23)20-12-14-5-6-16(19-11-14)22-8-2-7-21-22/h1-9,11H,12H2,(H,20,23). The second-order valence-electron chi connectivity index (χ2n) is 4.85. The van der Waals surface area contributed by atoms with Gasteiger partial charge < -0.3 is 5.32 Å². The molecule has 0 spiro atoms. The molecule has 6 heteroatoms. The smallest absolute Gasteiger partial charge is 0.251 e. The van der Waals surface area contributed by atoms with Crippen molar-refractivity contribution in [3.8, 4) is 11.9 Å². The number of aromatic nitrogens is 3. The molecular weight excluding hydrogens is 290 g/mol. The summed E-state index contributed by atoms with van der Waals surface area (Å²) in [6.07, 6.45) is 5.19. The third-order valence-electron chi connectivity index (χ3n) is 3.26. The van der Waals surface area contributed by atoms with Crippen molar-refractivity contribution in [2.45, 2.75) is 6.54 Å². The number of nitriles is 1. The van der Waals surface area contributed by atoms with E-state index in [-0.39, 0.29) is 5.91 Å². The maximum Gasteiger partial charge on any atom is 0.251 e. The van der Waals surface area contributed by atoms with E-state index in [1.807, 2.05) is 30.5 Å². The number of pyridine rings is 1. The summed E-state index contributed by atoms with van der Waals surface area (Å²) >= 11 is 0. The van der Waals surface area contributed by atoms with Crippen molar-refractivity contribution in [3.05, 3.63) is 77.7 Å². The summed E-state index contributed by atoms with van der Waals surface area (Å²) in [7, 11) is 0. The largest absolute Gasteiger partial charge is 0.348 e. The minimum atomic E-state index is -0.224. The molecule has 0 aliphatic rings. The van der Waals surface area contributed by atoms with Gasteiger partial charge in [0.15, 0.2) is 5.82 Å². The van der Waals surface area contributed by atoms with Crippen molar-refractivity contribution in [2.24, 2.45) is 0 Å². The molecule has 0 unspecified atom stereocenters. The Morgan fingerprint density at radius 3 is 2.87 bits per heavy atom. The fourth-order valence-corrected chi connectivity index (χ4v) is 2.08. The molecule has 1 amide bonds. The minimum Gasteiger partial charge on any atom is -0.348 e. The Balaban J connectivity index is 1.64. The number of benzene rings is 1. The van der Waals surface area contributed by atoms with Gasteiger partial charge in [-0.3, -0.25) is 4.79 Å². The Morgan fingerprint density at radius 1 is 1.26 bits per heavy atom. The van der Waals surface area contributed by atoms with E-state index in [0.717, 1.165) is 5.56 Å². The first-order chi connectivity index (χ1) is 11.3. The number of carbonyl (C=O) groups is 1. The van der Waals surface area contributed by atoms with Gasteiger partial charge in [0, 0.05) is 30.7 Å². The van der Waals surface area contributed by atoms with Crippen molar-refractivity contribution >= 4 is 5.91 Å². The Morgan fingerprint density at radius 2 is 2.17 bits per heavy atom. The summed E-state index contributed by atoms with van der Waals surface area (Å²) in [5, 5.41) is 15.8. The highest BCUT2D eigenvalue weighted by Crippen LogP contribution is 2.06. The zero-order valence-electron chi connectivity index (χ0n) is 12.2. The number of rotatable bonds is 4. The third kappa shape index (κ3) is 3.41. The summed E-state index contributed by atoms with van der Waals surface area (Å²) < 4.78 is 1.66. The molecule has 0 radical (unpaired) electrons. The van der Waals surface area contributed by atoms with Gasteiger partial charge in [-0.2, -0.15) is 10.4 Å². The van der Waals surface area contributed by atoms with Crippen LogP contribution in [0, 0.1) is 11.3 Å². The zero-order valence-corrected chi connectivity index (χ0v) is 12.2. The molecule has 0 atom stereocenters. The molecule has 0 saturated carbocycles. The SMILES string of the molecule is N#Cc1cccc(C(=O)NCc2ccc(-n3cccn3)nc2)c1. The molecule has 6 nitrogen and oxygen atoms in total. The molecule has 1 aromatic carbocycles. The molecule has 0 aliphatic carbocycles. The molecule has 112 valence electrons. The third-order valence-corrected chi connectivity index (χ3v) is 3.26. The molecular formula is C17H13N5O. The van der Waals surface area contributed by atoms with E-state index in [1.165, 1.54) is 0 Å². The lowest BCUT2D eigenvalue weighted by Crippen LogP contribution is -2.22. The zero-order chi connectivity index (χ0) is 16.1. The predicted octanol–water partition coefficient (Wildman–Crippen LogP) is 2.07. The maximum atomic E-state index is 12.1. The van der Waals surface area contributed by atoms with Gasteiger partial charge in [-0.05, 0) is 35.9 Å². The summed E-state index contributed by atoms with van der Waals surface area (Å²) in [5.74, 6) is 0.491. The predicted molar refractivity (Wildman–Crippen MR) is 83.7 cm³/mol. The number of amides is 1.